The average molecular weight is 361 g/mol. The van der Waals surface area contributed by atoms with Crippen molar-refractivity contribution in [3.8, 4) is 11.5 Å². The maximum absolute atomic E-state index is 12.5. The summed E-state index contributed by atoms with van der Waals surface area (Å²) in [6, 6.07) is 6.66. The van der Waals surface area contributed by atoms with Gasteiger partial charge in [0, 0.05) is 43.7 Å². The predicted molar refractivity (Wildman–Crippen MR) is 102 cm³/mol. The van der Waals surface area contributed by atoms with Crippen LogP contribution < -0.4 is 20.1 Å². The van der Waals surface area contributed by atoms with Crippen LogP contribution in [0.4, 0.5) is 0 Å². The summed E-state index contributed by atoms with van der Waals surface area (Å²) in [5, 5.41) is 6.68. The van der Waals surface area contributed by atoms with Gasteiger partial charge in [-0.15, -0.1) is 0 Å². The van der Waals surface area contributed by atoms with Crippen LogP contribution in [0.5, 0.6) is 11.5 Å². The standard InChI is InChI=1S/C20H31N3O3/c1-14-8-16(4-6-21-14)20(24)22-17-5-7-23(13-17)12-15-9-18(25-2)11-19(10-15)26-3/h9-11,14,16-17,21H,4-8,12-13H2,1-3H3,(H,22,24)/t14-,16-,17?/m0/s1. The second-order valence-corrected chi connectivity index (χ2v) is 7.53. The number of carbonyl (C=O) groups excluding carboxylic acids is 1. The van der Waals surface area contributed by atoms with E-state index in [4.69, 9.17) is 9.47 Å². The van der Waals surface area contributed by atoms with Crippen LogP contribution in [-0.4, -0.2) is 56.7 Å². The zero-order valence-electron chi connectivity index (χ0n) is 16.1. The summed E-state index contributed by atoms with van der Waals surface area (Å²) in [6.07, 6.45) is 2.88. The Kier molecular flexibility index (Phi) is 6.38. The van der Waals surface area contributed by atoms with Crippen molar-refractivity contribution in [3.63, 3.8) is 0 Å². The molecule has 144 valence electrons. The van der Waals surface area contributed by atoms with Crippen molar-refractivity contribution in [2.45, 2.75) is 44.8 Å². The molecule has 0 aromatic heterocycles. The van der Waals surface area contributed by atoms with Crippen LogP contribution >= 0.6 is 0 Å². The van der Waals surface area contributed by atoms with Gasteiger partial charge < -0.3 is 20.1 Å². The minimum absolute atomic E-state index is 0.156. The van der Waals surface area contributed by atoms with Gasteiger partial charge in [0.05, 0.1) is 14.2 Å². The van der Waals surface area contributed by atoms with E-state index < -0.39 is 0 Å². The number of nitrogens with zero attached hydrogens (tertiary/aromatic N) is 1. The van der Waals surface area contributed by atoms with Gasteiger partial charge in [0.25, 0.3) is 0 Å². The first-order valence-electron chi connectivity index (χ1n) is 9.55. The van der Waals surface area contributed by atoms with Crippen molar-refractivity contribution in [2.24, 2.45) is 5.92 Å². The third-order valence-corrected chi connectivity index (χ3v) is 5.43. The number of methoxy groups -OCH3 is 2. The first-order valence-corrected chi connectivity index (χ1v) is 9.55. The lowest BCUT2D eigenvalue weighted by Crippen LogP contribution is -2.45. The molecule has 0 spiro atoms. The average Bonchev–Trinajstić information content (AvgIpc) is 3.08. The Morgan fingerprint density at radius 2 is 1.96 bits per heavy atom. The van der Waals surface area contributed by atoms with Crippen LogP contribution in [0.1, 0.15) is 31.7 Å². The summed E-state index contributed by atoms with van der Waals surface area (Å²) in [5.74, 6) is 2.00. The van der Waals surface area contributed by atoms with Gasteiger partial charge in [-0.3, -0.25) is 9.69 Å². The molecule has 26 heavy (non-hydrogen) atoms. The van der Waals surface area contributed by atoms with Crippen LogP contribution in [0.2, 0.25) is 0 Å². The topological polar surface area (TPSA) is 62.8 Å². The number of benzene rings is 1. The minimum Gasteiger partial charge on any atom is -0.497 e. The lowest BCUT2D eigenvalue weighted by atomic mass is 9.92. The SMILES string of the molecule is COc1cc(CN2CCC(NC(=O)[C@H]3CCN[C@@H](C)C3)C2)cc(OC)c1. The molecule has 2 aliphatic rings. The van der Waals surface area contributed by atoms with Crippen LogP contribution in [0.25, 0.3) is 0 Å². The van der Waals surface area contributed by atoms with Gasteiger partial charge >= 0.3 is 0 Å². The number of ether oxygens (including phenoxy) is 2. The van der Waals surface area contributed by atoms with Gasteiger partial charge in [0.15, 0.2) is 0 Å². The highest BCUT2D eigenvalue weighted by molar-refractivity contribution is 5.79. The summed E-state index contributed by atoms with van der Waals surface area (Å²) in [4.78, 5) is 14.9. The number of nitrogens with one attached hydrogen (secondary N) is 2. The molecule has 2 aliphatic heterocycles. The summed E-state index contributed by atoms with van der Waals surface area (Å²) >= 11 is 0. The molecule has 2 heterocycles. The smallest absolute Gasteiger partial charge is 0.223 e. The number of hydrogen-bond acceptors (Lipinski definition) is 5. The van der Waals surface area contributed by atoms with Crippen LogP contribution in [0, 0.1) is 5.92 Å². The van der Waals surface area contributed by atoms with Gasteiger partial charge in [0.1, 0.15) is 11.5 Å². The Bertz CT molecular complexity index is 600. The van der Waals surface area contributed by atoms with Crippen molar-refractivity contribution < 1.29 is 14.3 Å². The molecule has 6 heteroatoms. The van der Waals surface area contributed by atoms with Crippen LogP contribution in [-0.2, 0) is 11.3 Å². The van der Waals surface area contributed by atoms with E-state index in [9.17, 15) is 4.79 Å². The van der Waals surface area contributed by atoms with E-state index in [1.807, 2.05) is 18.2 Å². The quantitative estimate of drug-likeness (QED) is 0.809. The molecule has 2 fully saturated rings. The first-order chi connectivity index (χ1) is 12.6. The van der Waals surface area contributed by atoms with E-state index in [1.165, 1.54) is 5.56 Å². The Morgan fingerprint density at radius 3 is 2.62 bits per heavy atom. The lowest BCUT2D eigenvalue weighted by Gasteiger charge is -2.28. The summed E-state index contributed by atoms with van der Waals surface area (Å²) in [7, 11) is 3.34. The largest absolute Gasteiger partial charge is 0.497 e. The Hall–Kier alpha value is -1.79. The number of likely N-dealkylation sites (tertiary alicyclic amines) is 1. The molecule has 1 amide bonds. The summed E-state index contributed by atoms with van der Waals surface area (Å²) < 4.78 is 10.7. The van der Waals surface area contributed by atoms with Gasteiger partial charge in [-0.25, -0.2) is 0 Å². The molecule has 1 unspecified atom stereocenters. The first kappa shape index (κ1) is 19.0. The maximum Gasteiger partial charge on any atom is 0.223 e. The second kappa shape index (κ2) is 8.73. The van der Waals surface area contributed by atoms with Crippen LogP contribution in [0.15, 0.2) is 18.2 Å². The van der Waals surface area contributed by atoms with E-state index in [-0.39, 0.29) is 17.9 Å². The normalized spacial score (nSPS) is 26.5. The number of rotatable bonds is 6. The molecule has 2 N–H and O–H groups in total. The van der Waals surface area contributed by atoms with Gasteiger partial charge in [-0.05, 0) is 50.4 Å². The predicted octanol–water partition coefficient (Wildman–Crippen LogP) is 1.78. The summed E-state index contributed by atoms with van der Waals surface area (Å²) in [6.45, 7) is 5.82. The molecule has 1 aromatic carbocycles. The van der Waals surface area contributed by atoms with Gasteiger partial charge in [0.2, 0.25) is 5.91 Å². The number of hydrogen-bond donors (Lipinski definition) is 2. The van der Waals surface area contributed by atoms with Crippen molar-refractivity contribution >= 4 is 5.91 Å². The number of piperidine rings is 1. The molecular weight excluding hydrogens is 330 g/mol. The fourth-order valence-electron chi connectivity index (χ4n) is 4.00. The molecule has 6 nitrogen and oxygen atoms in total. The second-order valence-electron chi connectivity index (χ2n) is 7.53. The molecule has 0 radical (unpaired) electrons. The maximum atomic E-state index is 12.5. The van der Waals surface area contributed by atoms with Crippen molar-refractivity contribution in [1.82, 2.24) is 15.5 Å². The molecule has 1 aromatic rings. The van der Waals surface area contributed by atoms with E-state index in [1.54, 1.807) is 14.2 Å². The minimum atomic E-state index is 0.156. The fourth-order valence-corrected chi connectivity index (χ4v) is 4.00. The highest BCUT2D eigenvalue weighted by Crippen LogP contribution is 2.25. The Labute approximate surface area is 156 Å². The van der Waals surface area contributed by atoms with Crippen molar-refractivity contribution in [1.29, 1.82) is 0 Å². The molecule has 0 aliphatic carbocycles. The van der Waals surface area contributed by atoms with E-state index in [2.05, 4.69) is 22.5 Å². The van der Waals surface area contributed by atoms with E-state index in [0.29, 0.717) is 6.04 Å². The molecule has 2 saturated heterocycles. The third kappa shape index (κ3) is 4.89. The highest BCUT2D eigenvalue weighted by atomic mass is 16.5. The summed E-state index contributed by atoms with van der Waals surface area (Å²) in [5.41, 5.74) is 1.17. The van der Waals surface area contributed by atoms with E-state index in [0.717, 1.165) is 56.9 Å². The molecular formula is C20H31N3O3. The molecule has 0 bridgehead atoms. The Morgan fingerprint density at radius 1 is 1.23 bits per heavy atom. The van der Waals surface area contributed by atoms with E-state index >= 15 is 0 Å². The Balaban J connectivity index is 1.51. The van der Waals surface area contributed by atoms with Crippen molar-refractivity contribution in [2.75, 3.05) is 33.9 Å². The highest BCUT2D eigenvalue weighted by Gasteiger charge is 2.29. The zero-order valence-corrected chi connectivity index (χ0v) is 16.1. The zero-order chi connectivity index (χ0) is 18.5. The van der Waals surface area contributed by atoms with Crippen LogP contribution in [0.3, 0.4) is 0 Å². The van der Waals surface area contributed by atoms with Gasteiger partial charge in [-0.1, -0.05) is 0 Å². The lowest BCUT2D eigenvalue weighted by molar-refractivity contribution is -0.126. The van der Waals surface area contributed by atoms with Crippen molar-refractivity contribution in [3.05, 3.63) is 23.8 Å². The van der Waals surface area contributed by atoms with Gasteiger partial charge in [-0.2, -0.15) is 0 Å². The number of carbonyl (C=O) groups is 1. The third-order valence-electron chi connectivity index (χ3n) is 5.43. The monoisotopic (exact) mass is 361 g/mol. The molecule has 3 rings (SSSR count). The fraction of sp³-hybridized carbons (Fsp3) is 0.650. The number of amides is 1. The molecule has 3 atom stereocenters. The molecule has 0 saturated carbocycles.